The molecule has 0 saturated heterocycles. The van der Waals surface area contributed by atoms with Crippen LogP contribution >= 0.6 is 12.2 Å². The number of esters is 1. The molecule has 0 aliphatic carbocycles. The maximum Gasteiger partial charge on any atom is 0.338 e. The minimum atomic E-state index is -0.334. The van der Waals surface area contributed by atoms with E-state index in [-0.39, 0.29) is 5.97 Å². The quantitative estimate of drug-likeness (QED) is 0.300. The molecule has 0 aliphatic rings. The third-order valence-electron chi connectivity index (χ3n) is 2.60. The van der Waals surface area contributed by atoms with Gasteiger partial charge in [0.05, 0.1) is 12.2 Å². The lowest BCUT2D eigenvalue weighted by molar-refractivity contribution is 0.0528. The molecule has 0 aliphatic heterocycles. The lowest BCUT2D eigenvalue weighted by Crippen LogP contribution is -2.18. The van der Waals surface area contributed by atoms with E-state index >= 15 is 0 Å². The van der Waals surface area contributed by atoms with Crippen molar-refractivity contribution in [2.24, 2.45) is 5.84 Å². The molecule has 20 heavy (non-hydrogen) atoms. The highest BCUT2D eigenvalue weighted by Crippen LogP contribution is 2.26. The molecule has 2 aromatic rings. The summed E-state index contributed by atoms with van der Waals surface area (Å²) in [7, 11) is 1.68. The number of hydrogen-bond donors (Lipinski definition) is 1. The van der Waals surface area contributed by atoms with E-state index in [0.29, 0.717) is 17.9 Å². The first-order chi connectivity index (χ1) is 9.61. The Morgan fingerprint density at radius 2 is 2.15 bits per heavy atom. The molecule has 0 unspecified atom stereocenters. The molecule has 0 bridgehead atoms. The van der Waals surface area contributed by atoms with Crippen LogP contribution < -0.4 is 10.0 Å². The van der Waals surface area contributed by atoms with Gasteiger partial charge < -0.3 is 8.92 Å². The molecular weight excluding hydrogens is 276 g/mol. The van der Waals surface area contributed by atoms with E-state index in [0.717, 1.165) is 23.0 Å². The monoisotopic (exact) mass is 292 g/mol. The van der Waals surface area contributed by atoms with Crippen LogP contribution in [-0.2, 0) is 4.74 Å². The van der Waals surface area contributed by atoms with Crippen molar-refractivity contribution in [1.82, 2.24) is 4.41 Å². The Morgan fingerprint density at radius 1 is 1.35 bits per heavy atom. The molecule has 0 spiro atoms. The van der Waals surface area contributed by atoms with Gasteiger partial charge in [0.25, 0.3) is 0 Å². The number of benzene rings is 2. The first kappa shape index (κ1) is 14.6. The smallest absolute Gasteiger partial charge is 0.338 e. The zero-order chi connectivity index (χ0) is 14.5. The SMILES string of the molecule is CCOC(=O)c1cccc2ccc(OSN(C)N)cc12. The molecule has 6 heteroatoms. The number of carbonyl (C=O) groups is 1. The van der Waals surface area contributed by atoms with Crippen molar-refractivity contribution in [3.05, 3.63) is 42.0 Å². The summed E-state index contributed by atoms with van der Waals surface area (Å²) in [6, 6.07) is 11.0. The average Bonchev–Trinajstić information content (AvgIpc) is 2.44. The summed E-state index contributed by atoms with van der Waals surface area (Å²) in [5.41, 5.74) is 0.529. The molecule has 5 nitrogen and oxygen atoms in total. The molecule has 106 valence electrons. The maximum atomic E-state index is 11.9. The molecule has 0 atom stereocenters. The lowest BCUT2D eigenvalue weighted by Gasteiger charge is -2.10. The van der Waals surface area contributed by atoms with Gasteiger partial charge in [-0.2, -0.15) is 4.41 Å². The van der Waals surface area contributed by atoms with E-state index in [1.807, 2.05) is 24.3 Å². The second kappa shape index (κ2) is 6.60. The van der Waals surface area contributed by atoms with Crippen LogP contribution in [0.5, 0.6) is 5.75 Å². The highest BCUT2D eigenvalue weighted by atomic mass is 32.2. The van der Waals surface area contributed by atoms with Crippen LogP contribution in [0.25, 0.3) is 10.8 Å². The van der Waals surface area contributed by atoms with Gasteiger partial charge in [0.1, 0.15) is 5.75 Å². The third-order valence-corrected chi connectivity index (χ3v) is 3.10. The Morgan fingerprint density at radius 3 is 2.85 bits per heavy atom. The topological polar surface area (TPSA) is 64.8 Å². The van der Waals surface area contributed by atoms with Gasteiger partial charge in [-0.25, -0.2) is 4.79 Å². The highest BCUT2D eigenvalue weighted by molar-refractivity contribution is 7.92. The van der Waals surface area contributed by atoms with E-state index in [1.54, 1.807) is 26.1 Å². The molecule has 0 fully saturated rings. The summed E-state index contributed by atoms with van der Waals surface area (Å²) in [4.78, 5) is 11.9. The Hall–Kier alpha value is -1.76. The van der Waals surface area contributed by atoms with Gasteiger partial charge in [-0.05, 0) is 35.9 Å². The van der Waals surface area contributed by atoms with Gasteiger partial charge in [0.15, 0.2) is 12.2 Å². The normalized spacial score (nSPS) is 10.8. The average molecular weight is 292 g/mol. The minimum Gasteiger partial charge on any atom is -0.462 e. The molecule has 2 rings (SSSR count). The molecule has 0 radical (unpaired) electrons. The summed E-state index contributed by atoms with van der Waals surface area (Å²) in [6.45, 7) is 2.13. The van der Waals surface area contributed by atoms with Crippen molar-refractivity contribution < 1.29 is 13.7 Å². The van der Waals surface area contributed by atoms with Crippen molar-refractivity contribution >= 4 is 29.0 Å². The Balaban J connectivity index is 2.38. The van der Waals surface area contributed by atoms with Crippen LogP contribution in [0.1, 0.15) is 17.3 Å². The molecule has 2 aromatic carbocycles. The zero-order valence-electron chi connectivity index (χ0n) is 11.3. The minimum absolute atomic E-state index is 0.334. The van der Waals surface area contributed by atoms with Gasteiger partial charge in [0, 0.05) is 7.05 Å². The largest absolute Gasteiger partial charge is 0.462 e. The molecule has 0 amide bonds. The van der Waals surface area contributed by atoms with Crippen LogP contribution in [0.15, 0.2) is 36.4 Å². The number of hydrazine groups is 1. The number of hydrogen-bond acceptors (Lipinski definition) is 6. The van der Waals surface area contributed by atoms with Crippen LogP contribution in [0.4, 0.5) is 0 Å². The Bertz CT molecular complexity index is 616. The molecule has 2 N–H and O–H groups in total. The van der Waals surface area contributed by atoms with E-state index < -0.39 is 0 Å². The van der Waals surface area contributed by atoms with Gasteiger partial charge in [-0.15, -0.1) is 0 Å². The molecule has 0 saturated carbocycles. The number of rotatable bonds is 5. The van der Waals surface area contributed by atoms with Crippen LogP contribution in [0.2, 0.25) is 0 Å². The summed E-state index contributed by atoms with van der Waals surface area (Å²) >= 11 is 1.01. The standard InChI is InChI=1S/C14H16N2O3S/c1-3-18-14(17)12-6-4-5-10-7-8-11(9-13(10)12)19-20-16(2)15/h4-9H,3,15H2,1-2H3. The fourth-order valence-electron chi connectivity index (χ4n) is 1.79. The summed E-state index contributed by atoms with van der Waals surface area (Å²) < 4.78 is 11.8. The molecule has 0 heterocycles. The maximum absolute atomic E-state index is 11.9. The Kier molecular flexibility index (Phi) is 4.84. The van der Waals surface area contributed by atoms with E-state index in [2.05, 4.69) is 0 Å². The fraction of sp³-hybridized carbons (Fsp3) is 0.214. The summed E-state index contributed by atoms with van der Waals surface area (Å²) in [5, 5.41) is 1.75. The molecular formula is C14H16N2O3S. The van der Waals surface area contributed by atoms with Crippen molar-refractivity contribution in [2.75, 3.05) is 13.7 Å². The van der Waals surface area contributed by atoms with E-state index in [4.69, 9.17) is 14.8 Å². The predicted molar refractivity (Wildman–Crippen MR) is 80.1 cm³/mol. The van der Waals surface area contributed by atoms with Crippen molar-refractivity contribution in [3.63, 3.8) is 0 Å². The number of nitrogens with two attached hydrogens (primary N) is 1. The van der Waals surface area contributed by atoms with Gasteiger partial charge in [0.2, 0.25) is 0 Å². The van der Waals surface area contributed by atoms with Gasteiger partial charge >= 0.3 is 5.97 Å². The van der Waals surface area contributed by atoms with Crippen LogP contribution in [0, 0.1) is 0 Å². The van der Waals surface area contributed by atoms with Crippen molar-refractivity contribution in [1.29, 1.82) is 0 Å². The van der Waals surface area contributed by atoms with Crippen molar-refractivity contribution in [3.8, 4) is 5.75 Å². The summed E-state index contributed by atoms with van der Waals surface area (Å²) in [5.74, 6) is 5.76. The van der Waals surface area contributed by atoms with Crippen LogP contribution in [-0.4, -0.2) is 24.0 Å². The summed E-state index contributed by atoms with van der Waals surface area (Å²) in [6.07, 6.45) is 0. The molecule has 0 aromatic heterocycles. The zero-order valence-corrected chi connectivity index (χ0v) is 12.1. The van der Waals surface area contributed by atoms with Gasteiger partial charge in [-0.3, -0.25) is 5.84 Å². The van der Waals surface area contributed by atoms with Crippen molar-refractivity contribution in [2.45, 2.75) is 6.92 Å². The lowest BCUT2D eigenvalue weighted by atomic mass is 10.0. The fourth-order valence-corrected chi connectivity index (χ4v) is 2.10. The Labute approximate surface area is 121 Å². The number of carbonyl (C=O) groups excluding carboxylic acids is 1. The second-order valence-electron chi connectivity index (χ2n) is 4.11. The van der Waals surface area contributed by atoms with E-state index in [9.17, 15) is 4.79 Å². The number of fused-ring (bicyclic) bond motifs is 1. The first-order valence-corrected chi connectivity index (χ1v) is 6.84. The number of ether oxygens (including phenoxy) is 1. The second-order valence-corrected chi connectivity index (χ2v) is 5.00. The predicted octanol–water partition coefficient (Wildman–Crippen LogP) is 2.76. The van der Waals surface area contributed by atoms with E-state index in [1.165, 1.54) is 4.41 Å². The van der Waals surface area contributed by atoms with Gasteiger partial charge in [-0.1, -0.05) is 18.2 Å². The highest BCUT2D eigenvalue weighted by Gasteiger charge is 2.11. The van der Waals surface area contributed by atoms with Crippen LogP contribution in [0.3, 0.4) is 0 Å². The third kappa shape index (κ3) is 3.41. The first-order valence-electron chi connectivity index (χ1n) is 6.14. The number of nitrogens with zero attached hydrogens (tertiary/aromatic N) is 1.